The van der Waals surface area contributed by atoms with Crippen LogP contribution in [0.15, 0.2) is 28.7 Å². The summed E-state index contributed by atoms with van der Waals surface area (Å²) in [4.78, 5) is 0. The Morgan fingerprint density at radius 2 is 2.06 bits per heavy atom. The van der Waals surface area contributed by atoms with Gasteiger partial charge in [0.1, 0.15) is 0 Å². The van der Waals surface area contributed by atoms with Crippen molar-refractivity contribution in [2.75, 3.05) is 6.54 Å². The van der Waals surface area contributed by atoms with Crippen LogP contribution in [0.2, 0.25) is 0 Å². The minimum absolute atomic E-state index is 0.210. The predicted molar refractivity (Wildman–Crippen MR) is 79.2 cm³/mol. The lowest BCUT2D eigenvalue weighted by Gasteiger charge is -2.18. The standard InChI is InChI=1S/C15H21BrN2/c1-12(13-7-4-5-8-14(13)16)18-10-6-9-15(2,3)11-17/h4-5,7-8,12,18H,6,9-10H2,1-3H3/t12-/m1/s1. The van der Waals surface area contributed by atoms with Crippen LogP contribution in [0.3, 0.4) is 0 Å². The number of hydrogen-bond acceptors (Lipinski definition) is 2. The number of nitrogens with one attached hydrogen (secondary N) is 1. The van der Waals surface area contributed by atoms with E-state index in [0.29, 0.717) is 6.04 Å². The van der Waals surface area contributed by atoms with E-state index in [9.17, 15) is 0 Å². The zero-order chi connectivity index (χ0) is 13.6. The zero-order valence-corrected chi connectivity index (χ0v) is 12.9. The van der Waals surface area contributed by atoms with E-state index >= 15 is 0 Å². The molecule has 0 aliphatic rings. The van der Waals surface area contributed by atoms with Crippen LogP contribution in [-0.2, 0) is 0 Å². The molecule has 0 heterocycles. The van der Waals surface area contributed by atoms with Crippen LogP contribution in [0.5, 0.6) is 0 Å². The van der Waals surface area contributed by atoms with E-state index in [4.69, 9.17) is 5.26 Å². The molecule has 0 saturated heterocycles. The lowest BCUT2D eigenvalue weighted by Crippen LogP contribution is -2.21. The molecule has 1 aromatic rings. The molecule has 0 aliphatic heterocycles. The highest BCUT2D eigenvalue weighted by molar-refractivity contribution is 9.10. The summed E-state index contributed by atoms with van der Waals surface area (Å²) in [6, 6.07) is 10.9. The quantitative estimate of drug-likeness (QED) is 0.789. The number of nitrogens with zero attached hydrogens (tertiary/aromatic N) is 1. The second-order valence-electron chi connectivity index (χ2n) is 5.30. The number of hydrogen-bond donors (Lipinski definition) is 1. The first-order valence-corrected chi connectivity index (χ1v) is 7.14. The SMILES string of the molecule is C[C@@H](NCCCC(C)(C)C#N)c1ccccc1Br. The number of nitriles is 1. The third-order valence-electron chi connectivity index (χ3n) is 3.10. The van der Waals surface area contributed by atoms with Crippen molar-refractivity contribution in [3.05, 3.63) is 34.3 Å². The fraction of sp³-hybridized carbons (Fsp3) is 0.533. The Labute approximate surface area is 119 Å². The first-order valence-electron chi connectivity index (χ1n) is 6.35. The highest BCUT2D eigenvalue weighted by Gasteiger charge is 2.16. The van der Waals surface area contributed by atoms with E-state index in [1.165, 1.54) is 5.56 Å². The van der Waals surface area contributed by atoms with E-state index in [-0.39, 0.29) is 5.41 Å². The molecule has 2 nitrogen and oxygen atoms in total. The highest BCUT2D eigenvalue weighted by atomic mass is 79.9. The largest absolute Gasteiger partial charge is 0.310 e. The molecule has 0 bridgehead atoms. The molecule has 18 heavy (non-hydrogen) atoms. The molecule has 98 valence electrons. The molecule has 1 N–H and O–H groups in total. The van der Waals surface area contributed by atoms with E-state index in [1.54, 1.807) is 0 Å². The fourth-order valence-corrected chi connectivity index (χ4v) is 2.47. The van der Waals surface area contributed by atoms with Crippen molar-refractivity contribution in [3.8, 4) is 6.07 Å². The summed E-state index contributed by atoms with van der Waals surface area (Å²) >= 11 is 3.57. The molecule has 3 heteroatoms. The minimum Gasteiger partial charge on any atom is -0.310 e. The lowest BCUT2D eigenvalue weighted by atomic mass is 9.90. The maximum atomic E-state index is 8.94. The highest BCUT2D eigenvalue weighted by Crippen LogP contribution is 2.23. The molecular formula is C15H21BrN2. The van der Waals surface area contributed by atoms with Gasteiger partial charge in [0.05, 0.1) is 11.5 Å². The van der Waals surface area contributed by atoms with Gasteiger partial charge in [-0.25, -0.2) is 0 Å². The zero-order valence-electron chi connectivity index (χ0n) is 11.3. The van der Waals surface area contributed by atoms with Crippen molar-refractivity contribution in [3.63, 3.8) is 0 Å². The average Bonchev–Trinajstić information content (AvgIpc) is 2.35. The van der Waals surface area contributed by atoms with Crippen molar-refractivity contribution in [1.29, 1.82) is 5.26 Å². The van der Waals surface area contributed by atoms with Crippen molar-refractivity contribution in [2.45, 2.75) is 39.7 Å². The summed E-state index contributed by atoms with van der Waals surface area (Å²) in [7, 11) is 0. The Bertz CT molecular complexity index is 421. The van der Waals surface area contributed by atoms with Gasteiger partial charge in [-0.3, -0.25) is 0 Å². The van der Waals surface area contributed by atoms with Crippen LogP contribution in [0.4, 0.5) is 0 Å². The number of rotatable bonds is 6. The number of halogens is 1. The summed E-state index contributed by atoms with van der Waals surface area (Å²) in [5, 5.41) is 12.4. The molecule has 1 atom stereocenters. The summed E-state index contributed by atoms with van der Waals surface area (Å²) < 4.78 is 1.14. The Morgan fingerprint density at radius 3 is 2.67 bits per heavy atom. The third kappa shape index (κ3) is 4.80. The van der Waals surface area contributed by atoms with Crippen LogP contribution in [0, 0.1) is 16.7 Å². The van der Waals surface area contributed by atoms with Crippen molar-refractivity contribution >= 4 is 15.9 Å². The van der Waals surface area contributed by atoms with Gasteiger partial charge in [0.15, 0.2) is 0 Å². The Morgan fingerprint density at radius 1 is 1.39 bits per heavy atom. The number of benzene rings is 1. The van der Waals surface area contributed by atoms with Gasteiger partial charge in [0.2, 0.25) is 0 Å². The van der Waals surface area contributed by atoms with Crippen LogP contribution in [0.1, 0.15) is 45.2 Å². The van der Waals surface area contributed by atoms with Crippen molar-refractivity contribution in [2.24, 2.45) is 5.41 Å². The Balaban J connectivity index is 2.37. The van der Waals surface area contributed by atoms with E-state index in [0.717, 1.165) is 23.9 Å². The van der Waals surface area contributed by atoms with Crippen LogP contribution in [-0.4, -0.2) is 6.54 Å². The molecule has 0 aliphatic carbocycles. The first kappa shape index (κ1) is 15.2. The van der Waals surface area contributed by atoms with E-state index in [1.807, 2.05) is 19.9 Å². The van der Waals surface area contributed by atoms with Crippen molar-refractivity contribution < 1.29 is 0 Å². The van der Waals surface area contributed by atoms with Gasteiger partial charge < -0.3 is 5.32 Å². The van der Waals surface area contributed by atoms with Crippen LogP contribution >= 0.6 is 15.9 Å². The van der Waals surface area contributed by atoms with Crippen LogP contribution in [0.25, 0.3) is 0 Å². The Hall–Kier alpha value is -0.850. The molecule has 1 aromatic carbocycles. The summed E-state index contributed by atoms with van der Waals surface area (Å²) in [5.41, 5.74) is 1.06. The molecule has 0 unspecified atom stereocenters. The summed E-state index contributed by atoms with van der Waals surface area (Å²) in [5.74, 6) is 0. The summed E-state index contributed by atoms with van der Waals surface area (Å²) in [6.45, 7) is 7.08. The molecule has 0 spiro atoms. The maximum absolute atomic E-state index is 8.94. The molecular weight excluding hydrogens is 288 g/mol. The van der Waals surface area contributed by atoms with E-state index < -0.39 is 0 Å². The Kier molecular flexibility index (Phi) is 5.84. The predicted octanol–water partition coefficient (Wildman–Crippen LogP) is 4.43. The minimum atomic E-state index is -0.210. The molecule has 1 rings (SSSR count). The van der Waals surface area contributed by atoms with Gasteiger partial charge in [-0.05, 0) is 51.8 Å². The molecule has 0 saturated carbocycles. The maximum Gasteiger partial charge on any atom is 0.0683 e. The fourth-order valence-electron chi connectivity index (χ4n) is 1.84. The monoisotopic (exact) mass is 308 g/mol. The molecule has 0 radical (unpaired) electrons. The van der Waals surface area contributed by atoms with Gasteiger partial charge in [0.25, 0.3) is 0 Å². The van der Waals surface area contributed by atoms with Gasteiger partial charge in [0, 0.05) is 10.5 Å². The second kappa shape index (κ2) is 6.92. The first-order chi connectivity index (χ1) is 8.46. The van der Waals surface area contributed by atoms with Gasteiger partial charge >= 0.3 is 0 Å². The molecule has 0 aromatic heterocycles. The van der Waals surface area contributed by atoms with E-state index in [2.05, 4.69) is 52.4 Å². The molecule has 0 fully saturated rings. The second-order valence-corrected chi connectivity index (χ2v) is 6.15. The van der Waals surface area contributed by atoms with Gasteiger partial charge in [-0.15, -0.1) is 0 Å². The van der Waals surface area contributed by atoms with Gasteiger partial charge in [-0.2, -0.15) is 5.26 Å². The van der Waals surface area contributed by atoms with Crippen molar-refractivity contribution in [1.82, 2.24) is 5.32 Å². The normalized spacial score (nSPS) is 13.1. The topological polar surface area (TPSA) is 35.8 Å². The molecule has 0 amide bonds. The summed E-state index contributed by atoms with van der Waals surface area (Å²) in [6.07, 6.45) is 1.95. The average molecular weight is 309 g/mol. The smallest absolute Gasteiger partial charge is 0.0683 e. The third-order valence-corrected chi connectivity index (χ3v) is 3.83. The van der Waals surface area contributed by atoms with Crippen LogP contribution < -0.4 is 5.32 Å². The lowest BCUT2D eigenvalue weighted by molar-refractivity contribution is 0.417. The van der Waals surface area contributed by atoms with Gasteiger partial charge in [-0.1, -0.05) is 34.1 Å².